The summed E-state index contributed by atoms with van der Waals surface area (Å²) < 4.78 is 10.5. The fourth-order valence-corrected chi connectivity index (χ4v) is 2.67. The Kier molecular flexibility index (Phi) is 5.93. The highest BCUT2D eigenvalue weighted by Crippen LogP contribution is 2.26. The summed E-state index contributed by atoms with van der Waals surface area (Å²) in [4.78, 5) is 18.3. The summed E-state index contributed by atoms with van der Waals surface area (Å²) >= 11 is 0. The number of benzene rings is 1. The first-order valence-corrected chi connectivity index (χ1v) is 7.83. The molecule has 0 spiro atoms. The van der Waals surface area contributed by atoms with Crippen molar-refractivity contribution in [3.05, 3.63) is 53.2 Å². The normalized spacial score (nSPS) is 12.4. The van der Waals surface area contributed by atoms with Gasteiger partial charge < -0.3 is 9.15 Å². The van der Waals surface area contributed by atoms with Gasteiger partial charge in [0.1, 0.15) is 5.76 Å². The van der Waals surface area contributed by atoms with Crippen molar-refractivity contribution in [1.82, 2.24) is 9.88 Å². The second-order valence-electron chi connectivity index (χ2n) is 5.57. The Morgan fingerprint density at radius 2 is 2.00 bits per heavy atom. The van der Waals surface area contributed by atoms with Gasteiger partial charge in [0.15, 0.2) is 0 Å². The van der Waals surface area contributed by atoms with Crippen LogP contribution >= 0.6 is 0 Å². The molecule has 124 valence electrons. The average Bonchev–Trinajstić information content (AvgIpc) is 2.86. The minimum absolute atomic E-state index is 0.0998. The van der Waals surface area contributed by atoms with Gasteiger partial charge in [-0.3, -0.25) is 9.69 Å². The van der Waals surface area contributed by atoms with E-state index in [4.69, 9.17) is 9.15 Å². The molecule has 1 aromatic heterocycles. The van der Waals surface area contributed by atoms with E-state index < -0.39 is 0 Å². The number of ether oxygens (including phenoxy) is 1. The van der Waals surface area contributed by atoms with E-state index in [0.29, 0.717) is 12.4 Å². The first-order chi connectivity index (χ1) is 11.0. The summed E-state index contributed by atoms with van der Waals surface area (Å²) in [5.74, 6) is 1.17. The van der Waals surface area contributed by atoms with Gasteiger partial charge in [-0.25, -0.2) is 4.98 Å². The van der Waals surface area contributed by atoms with Crippen molar-refractivity contribution in [3.63, 3.8) is 0 Å². The molecule has 1 heterocycles. The van der Waals surface area contributed by atoms with Crippen molar-refractivity contribution in [1.29, 1.82) is 0 Å². The van der Waals surface area contributed by atoms with Crippen molar-refractivity contribution in [2.75, 3.05) is 13.7 Å². The molecule has 0 saturated carbocycles. The number of hydrogen-bond acceptors (Lipinski definition) is 5. The summed E-state index contributed by atoms with van der Waals surface area (Å²) in [6.07, 6.45) is 0.875. The van der Waals surface area contributed by atoms with Crippen LogP contribution in [-0.2, 0) is 16.1 Å². The van der Waals surface area contributed by atoms with Gasteiger partial charge in [-0.1, -0.05) is 37.3 Å². The fraction of sp³-hybridized carbons (Fsp3) is 0.444. The molecule has 0 amide bonds. The molecule has 0 N–H and O–H groups in total. The zero-order chi connectivity index (χ0) is 16.8. The van der Waals surface area contributed by atoms with Gasteiger partial charge in [0.05, 0.1) is 25.9 Å². The predicted octanol–water partition coefficient (Wildman–Crippen LogP) is 3.42. The van der Waals surface area contributed by atoms with E-state index in [-0.39, 0.29) is 18.6 Å². The molecule has 5 nitrogen and oxygen atoms in total. The minimum atomic E-state index is -0.264. The maximum atomic E-state index is 11.8. The lowest BCUT2D eigenvalue weighted by Crippen LogP contribution is -2.33. The summed E-state index contributed by atoms with van der Waals surface area (Å²) in [6.45, 7) is 6.59. The van der Waals surface area contributed by atoms with Gasteiger partial charge in [-0.05, 0) is 25.8 Å². The Bertz CT molecular complexity index is 617. The smallest absolute Gasteiger partial charge is 0.319 e. The van der Waals surface area contributed by atoms with Crippen LogP contribution in [0.25, 0.3) is 0 Å². The van der Waals surface area contributed by atoms with E-state index in [2.05, 4.69) is 24.0 Å². The summed E-state index contributed by atoms with van der Waals surface area (Å²) in [5, 5.41) is 0. The number of aryl methyl sites for hydroxylation is 2. The third-order valence-electron chi connectivity index (χ3n) is 3.98. The topological polar surface area (TPSA) is 55.6 Å². The molecule has 1 aromatic carbocycles. The summed E-state index contributed by atoms with van der Waals surface area (Å²) in [6, 6.07) is 10.3. The molecule has 5 heteroatoms. The Morgan fingerprint density at radius 1 is 1.30 bits per heavy atom. The zero-order valence-corrected chi connectivity index (χ0v) is 14.2. The summed E-state index contributed by atoms with van der Waals surface area (Å²) in [5.41, 5.74) is 2.05. The van der Waals surface area contributed by atoms with Gasteiger partial charge in [0.25, 0.3) is 0 Å². The Morgan fingerprint density at radius 3 is 2.52 bits per heavy atom. The Hall–Kier alpha value is -2.14. The van der Waals surface area contributed by atoms with Gasteiger partial charge in [0.2, 0.25) is 5.89 Å². The second-order valence-corrected chi connectivity index (χ2v) is 5.57. The molecular weight excluding hydrogens is 292 g/mol. The van der Waals surface area contributed by atoms with Crippen LogP contribution in [0, 0.1) is 13.8 Å². The number of carbonyl (C=O) groups is 1. The molecule has 23 heavy (non-hydrogen) atoms. The highest BCUT2D eigenvalue weighted by molar-refractivity contribution is 5.71. The minimum Gasteiger partial charge on any atom is -0.468 e. The van der Waals surface area contributed by atoms with Crippen LogP contribution in [-0.4, -0.2) is 29.5 Å². The van der Waals surface area contributed by atoms with E-state index in [9.17, 15) is 4.79 Å². The highest BCUT2D eigenvalue weighted by Gasteiger charge is 2.24. The SMILES string of the molecule is CC[C@@H](c1ccccc1)N(CC(=O)OC)Cc1nc(C)c(C)o1. The Labute approximate surface area is 137 Å². The van der Waals surface area contributed by atoms with Crippen molar-refractivity contribution >= 4 is 5.97 Å². The predicted molar refractivity (Wildman–Crippen MR) is 87.9 cm³/mol. The van der Waals surface area contributed by atoms with Crippen molar-refractivity contribution < 1.29 is 13.9 Å². The van der Waals surface area contributed by atoms with Gasteiger partial charge in [-0.2, -0.15) is 0 Å². The number of oxazole rings is 1. The van der Waals surface area contributed by atoms with Crippen LogP contribution in [0.2, 0.25) is 0 Å². The molecule has 0 radical (unpaired) electrons. The number of esters is 1. The molecule has 0 unspecified atom stereocenters. The van der Waals surface area contributed by atoms with E-state index in [1.54, 1.807) is 0 Å². The molecule has 0 aliphatic heterocycles. The average molecular weight is 316 g/mol. The highest BCUT2D eigenvalue weighted by atomic mass is 16.5. The van der Waals surface area contributed by atoms with Gasteiger partial charge in [-0.15, -0.1) is 0 Å². The molecule has 0 fully saturated rings. The molecule has 2 aromatic rings. The van der Waals surface area contributed by atoms with Crippen molar-refractivity contribution in [2.24, 2.45) is 0 Å². The molecule has 0 saturated heterocycles. The molecule has 1 atom stereocenters. The first kappa shape index (κ1) is 17.2. The van der Waals surface area contributed by atoms with E-state index in [1.165, 1.54) is 12.7 Å². The first-order valence-electron chi connectivity index (χ1n) is 7.83. The largest absolute Gasteiger partial charge is 0.468 e. The summed E-state index contributed by atoms with van der Waals surface area (Å²) in [7, 11) is 1.41. The molecule has 0 aliphatic carbocycles. The molecule has 0 aliphatic rings. The lowest BCUT2D eigenvalue weighted by molar-refractivity contribution is -0.142. The molecule has 2 rings (SSSR count). The van der Waals surface area contributed by atoms with Gasteiger partial charge in [0, 0.05) is 6.04 Å². The van der Waals surface area contributed by atoms with Crippen LogP contribution in [0.5, 0.6) is 0 Å². The zero-order valence-electron chi connectivity index (χ0n) is 14.2. The third-order valence-corrected chi connectivity index (χ3v) is 3.98. The number of nitrogens with zero attached hydrogens (tertiary/aromatic N) is 2. The standard InChI is InChI=1S/C18H24N2O3/c1-5-16(15-9-7-6-8-10-15)20(12-18(21)22-4)11-17-19-13(2)14(3)23-17/h6-10,16H,5,11-12H2,1-4H3/t16-/m0/s1. The van der Waals surface area contributed by atoms with Crippen LogP contribution in [0.15, 0.2) is 34.7 Å². The molecule has 0 bridgehead atoms. The maximum Gasteiger partial charge on any atom is 0.319 e. The van der Waals surface area contributed by atoms with Crippen molar-refractivity contribution in [3.8, 4) is 0 Å². The molecular formula is C18H24N2O3. The monoisotopic (exact) mass is 316 g/mol. The van der Waals surface area contributed by atoms with Crippen LogP contribution in [0.4, 0.5) is 0 Å². The number of carbonyl (C=O) groups excluding carboxylic acids is 1. The van der Waals surface area contributed by atoms with Crippen LogP contribution in [0.3, 0.4) is 0 Å². The quantitative estimate of drug-likeness (QED) is 0.733. The Balaban J connectivity index is 2.26. The van der Waals surface area contributed by atoms with E-state index >= 15 is 0 Å². The van der Waals surface area contributed by atoms with Gasteiger partial charge >= 0.3 is 5.97 Å². The van der Waals surface area contributed by atoms with E-state index in [0.717, 1.165) is 17.9 Å². The van der Waals surface area contributed by atoms with E-state index in [1.807, 2.05) is 36.9 Å². The van der Waals surface area contributed by atoms with Crippen molar-refractivity contribution in [2.45, 2.75) is 39.8 Å². The van der Waals surface area contributed by atoms with Crippen LogP contribution in [0.1, 0.15) is 42.3 Å². The second kappa shape index (κ2) is 7.92. The number of aromatic nitrogens is 1. The number of hydrogen-bond donors (Lipinski definition) is 0. The lowest BCUT2D eigenvalue weighted by Gasteiger charge is -2.29. The number of methoxy groups -OCH3 is 1. The maximum absolute atomic E-state index is 11.8. The third kappa shape index (κ3) is 4.42. The lowest BCUT2D eigenvalue weighted by atomic mass is 10.0. The number of rotatable bonds is 7. The fourth-order valence-electron chi connectivity index (χ4n) is 2.67. The van der Waals surface area contributed by atoms with Crippen LogP contribution < -0.4 is 0 Å².